The predicted molar refractivity (Wildman–Crippen MR) is 78.2 cm³/mol. The van der Waals surface area contributed by atoms with Gasteiger partial charge in [-0.25, -0.2) is 0 Å². The van der Waals surface area contributed by atoms with Crippen LogP contribution in [0.3, 0.4) is 0 Å². The Morgan fingerprint density at radius 2 is 2.16 bits per heavy atom. The predicted octanol–water partition coefficient (Wildman–Crippen LogP) is 2.43. The highest BCUT2D eigenvalue weighted by atomic mass is 16.5. The Morgan fingerprint density at radius 3 is 2.89 bits per heavy atom. The lowest BCUT2D eigenvalue weighted by Crippen LogP contribution is -2.23. The molecule has 19 heavy (non-hydrogen) atoms. The van der Waals surface area contributed by atoms with E-state index < -0.39 is 0 Å². The van der Waals surface area contributed by atoms with Gasteiger partial charge in [-0.05, 0) is 18.9 Å². The first-order valence-corrected chi connectivity index (χ1v) is 6.90. The molecule has 4 heteroatoms. The SMILES string of the molecule is CCn1nc(CNCC(C)COC)c2ccccc21. The van der Waals surface area contributed by atoms with Crippen molar-refractivity contribution in [3.05, 3.63) is 30.0 Å². The summed E-state index contributed by atoms with van der Waals surface area (Å²) in [6, 6.07) is 8.40. The third-order valence-electron chi connectivity index (χ3n) is 3.27. The van der Waals surface area contributed by atoms with Crippen molar-refractivity contribution in [2.45, 2.75) is 26.9 Å². The number of rotatable bonds is 7. The van der Waals surface area contributed by atoms with Crippen LogP contribution in [0.15, 0.2) is 24.3 Å². The normalized spacial score (nSPS) is 13.0. The summed E-state index contributed by atoms with van der Waals surface area (Å²) < 4.78 is 7.20. The van der Waals surface area contributed by atoms with Crippen molar-refractivity contribution >= 4 is 10.9 Å². The van der Waals surface area contributed by atoms with Gasteiger partial charge in [0.25, 0.3) is 0 Å². The van der Waals surface area contributed by atoms with Crippen LogP contribution >= 0.6 is 0 Å². The lowest BCUT2D eigenvalue weighted by Gasteiger charge is -2.10. The van der Waals surface area contributed by atoms with Crippen LogP contribution in [0.5, 0.6) is 0 Å². The fraction of sp³-hybridized carbons (Fsp3) is 0.533. The van der Waals surface area contributed by atoms with E-state index in [9.17, 15) is 0 Å². The number of nitrogens with zero attached hydrogens (tertiary/aromatic N) is 2. The van der Waals surface area contributed by atoms with Crippen LogP contribution in [0.1, 0.15) is 19.5 Å². The zero-order valence-corrected chi connectivity index (χ0v) is 12.0. The van der Waals surface area contributed by atoms with Gasteiger partial charge in [0, 0.05) is 38.7 Å². The van der Waals surface area contributed by atoms with Crippen LogP contribution in [-0.4, -0.2) is 30.0 Å². The van der Waals surface area contributed by atoms with Crippen molar-refractivity contribution in [3.8, 4) is 0 Å². The Kier molecular flexibility index (Phi) is 4.93. The van der Waals surface area contributed by atoms with E-state index in [0.29, 0.717) is 5.92 Å². The van der Waals surface area contributed by atoms with Gasteiger partial charge < -0.3 is 10.1 Å². The maximum atomic E-state index is 5.14. The van der Waals surface area contributed by atoms with E-state index in [1.54, 1.807) is 7.11 Å². The first-order chi connectivity index (χ1) is 9.26. The molecule has 0 bridgehead atoms. The van der Waals surface area contributed by atoms with Crippen molar-refractivity contribution in [3.63, 3.8) is 0 Å². The zero-order chi connectivity index (χ0) is 13.7. The minimum absolute atomic E-state index is 0.518. The van der Waals surface area contributed by atoms with Crippen LogP contribution in [0.2, 0.25) is 0 Å². The average molecular weight is 261 g/mol. The van der Waals surface area contributed by atoms with E-state index in [2.05, 4.69) is 53.2 Å². The third-order valence-corrected chi connectivity index (χ3v) is 3.27. The van der Waals surface area contributed by atoms with Crippen molar-refractivity contribution in [1.29, 1.82) is 0 Å². The summed E-state index contributed by atoms with van der Waals surface area (Å²) in [7, 11) is 1.74. The molecule has 1 aromatic carbocycles. The third kappa shape index (κ3) is 3.33. The number of hydrogen-bond donors (Lipinski definition) is 1. The summed E-state index contributed by atoms with van der Waals surface area (Å²) in [5, 5.41) is 9.38. The molecule has 4 nitrogen and oxygen atoms in total. The highest BCUT2D eigenvalue weighted by Gasteiger charge is 2.09. The lowest BCUT2D eigenvalue weighted by molar-refractivity contribution is 0.158. The van der Waals surface area contributed by atoms with Crippen molar-refractivity contribution in [1.82, 2.24) is 15.1 Å². The number of aromatic nitrogens is 2. The molecular formula is C15H23N3O. The van der Waals surface area contributed by atoms with Crippen LogP contribution < -0.4 is 5.32 Å². The van der Waals surface area contributed by atoms with Gasteiger partial charge in [0.05, 0.1) is 11.2 Å². The Labute approximate surface area is 114 Å². The highest BCUT2D eigenvalue weighted by molar-refractivity contribution is 5.81. The topological polar surface area (TPSA) is 39.1 Å². The molecule has 0 radical (unpaired) electrons. The van der Waals surface area contributed by atoms with E-state index in [1.807, 2.05) is 0 Å². The Bertz CT molecular complexity index is 521. The maximum Gasteiger partial charge on any atom is 0.0841 e. The summed E-state index contributed by atoms with van der Waals surface area (Å²) in [5.41, 5.74) is 2.34. The molecule has 104 valence electrons. The molecule has 0 aliphatic rings. The van der Waals surface area contributed by atoms with Crippen molar-refractivity contribution < 1.29 is 4.74 Å². The molecule has 0 saturated heterocycles. The second-order valence-electron chi connectivity index (χ2n) is 4.97. The van der Waals surface area contributed by atoms with E-state index in [-0.39, 0.29) is 0 Å². The summed E-state index contributed by atoms with van der Waals surface area (Å²) in [4.78, 5) is 0. The number of para-hydroxylation sites is 1. The van der Waals surface area contributed by atoms with Gasteiger partial charge in [-0.3, -0.25) is 4.68 Å². The van der Waals surface area contributed by atoms with Gasteiger partial charge in [0.15, 0.2) is 0 Å². The van der Waals surface area contributed by atoms with E-state index in [0.717, 1.165) is 31.9 Å². The smallest absolute Gasteiger partial charge is 0.0841 e. The second-order valence-corrected chi connectivity index (χ2v) is 4.97. The fourth-order valence-electron chi connectivity index (χ4n) is 2.35. The van der Waals surface area contributed by atoms with Crippen LogP contribution in [-0.2, 0) is 17.8 Å². The van der Waals surface area contributed by atoms with Gasteiger partial charge in [-0.15, -0.1) is 0 Å². The molecule has 1 aromatic heterocycles. The molecule has 0 spiro atoms. The minimum atomic E-state index is 0.518. The molecule has 2 aromatic rings. The molecule has 2 rings (SSSR count). The minimum Gasteiger partial charge on any atom is -0.384 e. The first kappa shape index (κ1) is 14.0. The summed E-state index contributed by atoms with van der Waals surface area (Å²) >= 11 is 0. The quantitative estimate of drug-likeness (QED) is 0.832. The van der Waals surface area contributed by atoms with E-state index in [4.69, 9.17) is 4.74 Å². The van der Waals surface area contributed by atoms with E-state index >= 15 is 0 Å². The maximum absolute atomic E-state index is 5.14. The van der Waals surface area contributed by atoms with Gasteiger partial charge in [-0.2, -0.15) is 5.10 Å². The first-order valence-electron chi connectivity index (χ1n) is 6.90. The molecule has 0 fully saturated rings. The Hall–Kier alpha value is -1.39. The summed E-state index contributed by atoms with van der Waals surface area (Å²) in [5.74, 6) is 0.518. The van der Waals surface area contributed by atoms with Gasteiger partial charge in [0.1, 0.15) is 0 Å². The molecule has 1 unspecified atom stereocenters. The molecule has 1 N–H and O–H groups in total. The number of fused-ring (bicyclic) bond motifs is 1. The van der Waals surface area contributed by atoms with Gasteiger partial charge in [0.2, 0.25) is 0 Å². The average Bonchev–Trinajstić information content (AvgIpc) is 2.78. The molecule has 0 aliphatic carbocycles. The lowest BCUT2D eigenvalue weighted by atomic mass is 10.2. The molecule has 1 heterocycles. The Morgan fingerprint density at radius 1 is 1.37 bits per heavy atom. The molecule has 1 atom stereocenters. The number of aryl methyl sites for hydroxylation is 1. The number of ether oxygens (including phenoxy) is 1. The van der Waals surface area contributed by atoms with E-state index in [1.165, 1.54) is 10.9 Å². The van der Waals surface area contributed by atoms with Crippen LogP contribution in [0.4, 0.5) is 0 Å². The molecular weight excluding hydrogens is 238 g/mol. The zero-order valence-electron chi connectivity index (χ0n) is 12.0. The fourth-order valence-corrected chi connectivity index (χ4v) is 2.35. The molecule has 0 amide bonds. The van der Waals surface area contributed by atoms with Gasteiger partial charge in [-0.1, -0.05) is 25.1 Å². The second kappa shape index (κ2) is 6.68. The van der Waals surface area contributed by atoms with Crippen molar-refractivity contribution in [2.75, 3.05) is 20.3 Å². The highest BCUT2D eigenvalue weighted by Crippen LogP contribution is 2.18. The van der Waals surface area contributed by atoms with Crippen LogP contribution in [0, 0.1) is 5.92 Å². The summed E-state index contributed by atoms with van der Waals surface area (Å²) in [6.45, 7) is 7.75. The molecule has 0 aliphatic heterocycles. The molecule has 0 saturated carbocycles. The number of benzene rings is 1. The summed E-state index contributed by atoms with van der Waals surface area (Å²) in [6.07, 6.45) is 0. The number of methoxy groups -OCH3 is 1. The number of hydrogen-bond acceptors (Lipinski definition) is 3. The standard InChI is InChI=1S/C15H23N3O/c1-4-18-15-8-6-5-7-13(15)14(17-18)10-16-9-12(2)11-19-3/h5-8,12,16H,4,9-11H2,1-3H3. The van der Waals surface area contributed by atoms with Crippen LogP contribution in [0.25, 0.3) is 10.9 Å². The number of nitrogens with one attached hydrogen (secondary N) is 1. The Balaban J connectivity index is 2.04. The largest absolute Gasteiger partial charge is 0.384 e. The van der Waals surface area contributed by atoms with Gasteiger partial charge >= 0.3 is 0 Å². The monoisotopic (exact) mass is 261 g/mol. The van der Waals surface area contributed by atoms with Crippen molar-refractivity contribution in [2.24, 2.45) is 5.92 Å².